The summed E-state index contributed by atoms with van der Waals surface area (Å²) in [6, 6.07) is 14.8. The van der Waals surface area contributed by atoms with Crippen molar-refractivity contribution < 1.29 is 9.13 Å². The van der Waals surface area contributed by atoms with Crippen molar-refractivity contribution in [3.63, 3.8) is 0 Å². The van der Waals surface area contributed by atoms with Gasteiger partial charge in [0.05, 0.1) is 11.6 Å². The molecule has 0 spiro atoms. The lowest BCUT2D eigenvalue weighted by Gasteiger charge is -2.38. The number of nitriles is 1. The molecule has 0 amide bonds. The first kappa shape index (κ1) is 23.2. The Morgan fingerprint density at radius 3 is 2.42 bits per heavy atom. The van der Waals surface area contributed by atoms with E-state index in [0.29, 0.717) is 11.7 Å². The molecule has 2 atom stereocenters. The molecule has 1 saturated heterocycles. The Labute approximate surface area is 186 Å². The molecule has 1 aliphatic heterocycles. The Hall–Kier alpha value is -2.42. The van der Waals surface area contributed by atoms with Gasteiger partial charge in [0, 0.05) is 26.2 Å². The maximum Gasteiger partial charge on any atom is 0.149 e. The quantitative estimate of drug-likeness (QED) is 0.547. The Morgan fingerprint density at radius 1 is 1.10 bits per heavy atom. The molecule has 31 heavy (non-hydrogen) atoms. The van der Waals surface area contributed by atoms with Gasteiger partial charge in [-0.05, 0) is 87.0 Å². The molecule has 5 heteroatoms. The lowest BCUT2D eigenvalue weighted by atomic mass is 9.90. The molecule has 0 radical (unpaired) electrons. The average Bonchev–Trinajstić information content (AvgIpc) is 2.78. The van der Waals surface area contributed by atoms with Gasteiger partial charge in [-0.15, -0.1) is 0 Å². The van der Waals surface area contributed by atoms with Crippen LogP contribution >= 0.6 is 0 Å². The minimum atomic E-state index is -0.242. The standard InChI is InChI=1S/C26H34FN3O/c1-4-22(23-7-8-24(19-28)20(2)18-23)6-5-13-29-14-16-30(17-15-29)21(3)31-26-11-9-25(27)10-12-26/h7-12,18,21-22H,4-6,13-17H2,1-3H3. The van der Waals surface area contributed by atoms with Crippen LogP contribution in [0.1, 0.15) is 55.7 Å². The lowest BCUT2D eigenvalue weighted by molar-refractivity contribution is 0.00337. The fraction of sp³-hybridized carbons (Fsp3) is 0.500. The topological polar surface area (TPSA) is 39.5 Å². The molecular formula is C26H34FN3O. The van der Waals surface area contributed by atoms with E-state index in [4.69, 9.17) is 10.00 Å². The second-order valence-corrected chi connectivity index (χ2v) is 8.48. The number of rotatable bonds is 9. The first-order valence-corrected chi connectivity index (χ1v) is 11.4. The minimum Gasteiger partial charge on any atom is -0.475 e. The maximum atomic E-state index is 13.1. The Bertz CT molecular complexity index is 869. The van der Waals surface area contributed by atoms with Crippen LogP contribution in [0.3, 0.4) is 0 Å². The molecule has 1 heterocycles. The Balaban J connectivity index is 1.41. The van der Waals surface area contributed by atoms with Crippen molar-refractivity contribution in [1.29, 1.82) is 5.26 Å². The highest BCUT2D eigenvalue weighted by Crippen LogP contribution is 2.27. The lowest BCUT2D eigenvalue weighted by Crippen LogP contribution is -2.51. The normalized spacial score (nSPS) is 17.1. The first-order valence-electron chi connectivity index (χ1n) is 11.4. The second kappa shape index (κ2) is 11.3. The average molecular weight is 424 g/mol. The molecule has 0 aromatic heterocycles. The molecular weight excluding hydrogens is 389 g/mol. The van der Waals surface area contributed by atoms with Crippen molar-refractivity contribution in [2.45, 2.75) is 52.2 Å². The van der Waals surface area contributed by atoms with Crippen LogP contribution in [0.5, 0.6) is 5.75 Å². The smallest absolute Gasteiger partial charge is 0.149 e. The summed E-state index contributed by atoms with van der Waals surface area (Å²) >= 11 is 0. The fourth-order valence-corrected chi connectivity index (χ4v) is 4.37. The van der Waals surface area contributed by atoms with Crippen LogP contribution in [0.4, 0.5) is 4.39 Å². The molecule has 1 fully saturated rings. The van der Waals surface area contributed by atoms with E-state index >= 15 is 0 Å². The van der Waals surface area contributed by atoms with Gasteiger partial charge < -0.3 is 9.64 Å². The highest BCUT2D eigenvalue weighted by Gasteiger charge is 2.22. The first-order chi connectivity index (χ1) is 15.0. The maximum absolute atomic E-state index is 13.1. The van der Waals surface area contributed by atoms with Gasteiger partial charge in [-0.1, -0.05) is 19.1 Å². The van der Waals surface area contributed by atoms with Crippen LogP contribution < -0.4 is 4.74 Å². The van der Waals surface area contributed by atoms with E-state index in [9.17, 15) is 4.39 Å². The van der Waals surface area contributed by atoms with Gasteiger partial charge in [0.25, 0.3) is 0 Å². The van der Waals surface area contributed by atoms with Gasteiger partial charge >= 0.3 is 0 Å². The number of piperazine rings is 1. The molecule has 166 valence electrons. The highest BCUT2D eigenvalue weighted by atomic mass is 19.1. The Morgan fingerprint density at radius 2 is 1.81 bits per heavy atom. The van der Waals surface area contributed by atoms with Gasteiger partial charge in [0.15, 0.2) is 0 Å². The van der Waals surface area contributed by atoms with Crippen LogP contribution in [-0.4, -0.2) is 48.8 Å². The van der Waals surface area contributed by atoms with Crippen molar-refractivity contribution in [2.24, 2.45) is 0 Å². The summed E-state index contributed by atoms with van der Waals surface area (Å²) < 4.78 is 19.0. The molecule has 3 rings (SSSR count). The second-order valence-electron chi connectivity index (χ2n) is 8.48. The largest absolute Gasteiger partial charge is 0.475 e. The van der Waals surface area contributed by atoms with Crippen LogP contribution in [-0.2, 0) is 0 Å². The highest BCUT2D eigenvalue weighted by molar-refractivity contribution is 5.40. The summed E-state index contributed by atoms with van der Waals surface area (Å²) in [5.41, 5.74) is 3.20. The third-order valence-corrected chi connectivity index (χ3v) is 6.40. The minimum absolute atomic E-state index is 0.0169. The Kier molecular flexibility index (Phi) is 8.45. The molecule has 0 N–H and O–H groups in total. The molecule has 2 aromatic carbocycles. The summed E-state index contributed by atoms with van der Waals surface area (Å²) in [6.45, 7) is 11.5. The molecule has 1 aliphatic rings. The monoisotopic (exact) mass is 423 g/mol. The number of hydrogen-bond acceptors (Lipinski definition) is 4. The predicted molar refractivity (Wildman–Crippen MR) is 123 cm³/mol. The van der Waals surface area contributed by atoms with Gasteiger partial charge in [0.1, 0.15) is 17.8 Å². The third kappa shape index (κ3) is 6.53. The van der Waals surface area contributed by atoms with Gasteiger partial charge in [0.2, 0.25) is 0 Å². The zero-order valence-electron chi connectivity index (χ0n) is 19.0. The van der Waals surface area contributed by atoms with Crippen molar-refractivity contribution in [2.75, 3.05) is 32.7 Å². The molecule has 0 saturated carbocycles. The van der Waals surface area contributed by atoms with E-state index in [1.54, 1.807) is 12.1 Å². The number of halogens is 1. The van der Waals surface area contributed by atoms with Crippen LogP contribution in [0, 0.1) is 24.1 Å². The van der Waals surface area contributed by atoms with Crippen molar-refractivity contribution in [1.82, 2.24) is 9.80 Å². The van der Waals surface area contributed by atoms with E-state index in [0.717, 1.165) is 50.3 Å². The number of hydrogen-bond donors (Lipinski definition) is 0. The number of ether oxygens (including phenoxy) is 1. The van der Waals surface area contributed by atoms with Crippen molar-refractivity contribution in [3.8, 4) is 11.8 Å². The van der Waals surface area contributed by atoms with E-state index < -0.39 is 0 Å². The van der Waals surface area contributed by atoms with Gasteiger partial charge in [-0.2, -0.15) is 5.26 Å². The summed E-state index contributed by atoms with van der Waals surface area (Å²) in [5.74, 6) is 1.02. The van der Waals surface area contributed by atoms with Crippen LogP contribution in [0.2, 0.25) is 0 Å². The molecule has 0 bridgehead atoms. The summed E-state index contributed by atoms with van der Waals surface area (Å²) in [7, 11) is 0. The van der Waals surface area contributed by atoms with E-state index in [1.165, 1.54) is 30.5 Å². The van der Waals surface area contributed by atoms with E-state index in [1.807, 2.05) is 13.0 Å². The summed E-state index contributed by atoms with van der Waals surface area (Å²) in [4.78, 5) is 4.88. The fourth-order valence-electron chi connectivity index (χ4n) is 4.37. The molecule has 0 aliphatic carbocycles. The number of aryl methyl sites for hydroxylation is 1. The zero-order chi connectivity index (χ0) is 22.2. The number of benzene rings is 2. The molecule has 4 nitrogen and oxygen atoms in total. The predicted octanol–water partition coefficient (Wildman–Crippen LogP) is 5.32. The number of nitrogens with zero attached hydrogens (tertiary/aromatic N) is 3. The molecule has 2 unspecified atom stereocenters. The third-order valence-electron chi connectivity index (χ3n) is 6.40. The van der Waals surface area contributed by atoms with Crippen molar-refractivity contribution >= 4 is 0 Å². The SMILES string of the molecule is CCC(CCCN1CCN(C(C)Oc2ccc(F)cc2)CC1)c1ccc(C#N)c(C)c1. The summed E-state index contributed by atoms with van der Waals surface area (Å²) in [6.07, 6.45) is 3.46. The summed E-state index contributed by atoms with van der Waals surface area (Å²) in [5, 5.41) is 9.15. The van der Waals surface area contributed by atoms with E-state index in [-0.39, 0.29) is 12.0 Å². The molecule has 2 aromatic rings. The van der Waals surface area contributed by atoms with Crippen LogP contribution in [0.15, 0.2) is 42.5 Å². The zero-order valence-corrected chi connectivity index (χ0v) is 19.0. The van der Waals surface area contributed by atoms with Gasteiger partial charge in [-0.3, -0.25) is 4.90 Å². The van der Waals surface area contributed by atoms with Crippen LogP contribution in [0.25, 0.3) is 0 Å². The van der Waals surface area contributed by atoms with E-state index in [2.05, 4.69) is 41.8 Å². The van der Waals surface area contributed by atoms with Gasteiger partial charge in [-0.25, -0.2) is 4.39 Å². The van der Waals surface area contributed by atoms with Crippen molar-refractivity contribution in [3.05, 3.63) is 65.0 Å².